The first-order valence-corrected chi connectivity index (χ1v) is 10.7. The molecule has 0 bridgehead atoms. The topological polar surface area (TPSA) is 98.1 Å². The second-order valence-corrected chi connectivity index (χ2v) is 7.63. The summed E-state index contributed by atoms with van der Waals surface area (Å²) in [6, 6.07) is 13.1. The lowest BCUT2D eigenvalue weighted by molar-refractivity contribution is -0.136. The van der Waals surface area contributed by atoms with Gasteiger partial charge in [0, 0.05) is 30.7 Å². The van der Waals surface area contributed by atoms with Crippen LogP contribution in [0.1, 0.15) is 18.4 Å². The molecular formula is C21H23N5O2S. The van der Waals surface area contributed by atoms with Crippen LogP contribution in [0.3, 0.4) is 0 Å². The molecular weight excluding hydrogens is 386 g/mol. The maximum absolute atomic E-state index is 12.2. The Balaban J connectivity index is 1.47. The molecule has 1 fully saturated rings. The molecule has 3 rings (SSSR count). The molecule has 1 aliphatic heterocycles. The number of hydrogen-bond acceptors (Lipinski definition) is 6. The van der Waals surface area contributed by atoms with Gasteiger partial charge in [-0.2, -0.15) is 5.26 Å². The van der Waals surface area contributed by atoms with Crippen molar-refractivity contribution >= 4 is 35.1 Å². The predicted octanol–water partition coefficient (Wildman–Crippen LogP) is 2.65. The molecule has 0 aliphatic carbocycles. The molecule has 1 aromatic carbocycles. The molecule has 2 aromatic rings. The summed E-state index contributed by atoms with van der Waals surface area (Å²) in [4.78, 5) is 31.7. The van der Waals surface area contributed by atoms with E-state index in [2.05, 4.69) is 26.6 Å². The number of nitrogens with one attached hydrogen (secondary N) is 2. The number of pyridine rings is 1. The van der Waals surface area contributed by atoms with E-state index in [4.69, 9.17) is 0 Å². The highest BCUT2D eigenvalue weighted by Gasteiger charge is 2.23. The Morgan fingerprint density at radius 1 is 1.21 bits per heavy atom. The van der Waals surface area contributed by atoms with Crippen LogP contribution in [-0.2, 0) is 9.59 Å². The minimum Gasteiger partial charge on any atom is -0.356 e. The molecule has 1 saturated heterocycles. The Kier molecular flexibility index (Phi) is 7.09. The van der Waals surface area contributed by atoms with E-state index in [-0.39, 0.29) is 5.92 Å². The quantitative estimate of drug-likeness (QED) is 0.582. The second kappa shape index (κ2) is 9.94. The maximum atomic E-state index is 12.2. The fourth-order valence-electron chi connectivity index (χ4n) is 3.33. The van der Waals surface area contributed by atoms with Crippen LogP contribution in [0, 0.1) is 17.2 Å². The minimum atomic E-state index is -0.656. The van der Waals surface area contributed by atoms with E-state index >= 15 is 0 Å². The Bertz CT molecular complexity index is 919. The number of hydrogen-bond donors (Lipinski definition) is 2. The van der Waals surface area contributed by atoms with Crippen molar-refractivity contribution in [3.63, 3.8) is 0 Å². The van der Waals surface area contributed by atoms with Gasteiger partial charge in [-0.25, -0.2) is 4.98 Å². The average molecular weight is 410 g/mol. The molecule has 0 spiro atoms. The molecule has 0 atom stereocenters. The van der Waals surface area contributed by atoms with Crippen LogP contribution in [0.5, 0.6) is 0 Å². The number of rotatable bonds is 5. The predicted molar refractivity (Wildman–Crippen MR) is 114 cm³/mol. The molecule has 2 amide bonds. The highest BCUT2D eigenvalue weighted by molar-refractivity contribution is 7.98. The monoisotopic (exact) mass is 409 g/mol. The first-order valence-electron chi connectivity index (χ1n) is 9.44. The summed E-state index contributed by atoms with van der Waals surface area (Å²) in [5.41, 5.74) is 1.21. The number of carbonyl (C=O) groups excluding carboxylic acids is 2. The van der Waals surface area contributed by atoms with E-state index < -0.39 is 11.8 Å². The van der Waals surface area contributed by atoms with Crippen molar-refractivity contribution in [1.29, 1.82) is 5.26 Å². The van der Waals surface area contributed by atoms with E-state index in [0.717, 1.165) is 30.8 Å². The van der Waals surface area contributed by atoms with Gasteiger partial charge in [-0.1, -0.05) is 12.1 Å². The lowest BCUT2D eigenvalue weighted by atomic mass is 9.96. The Morgan fingerprint density at radius 2 is 1.97 bits per heavy atom. The first kappa shape index (κ1) is 20.7. The number of nitrogens with zero attached hydrogens (tertiary/aromatic N) is 3. The molecule has 0 unspecified atom stereocenters. The standard InChI is InChI=1S/C21H23N5O2S/c1-29-18-7-3-2-6-17(18)25-21(28)20(27)24-14-15-8-11-26(12-9-15)19-16(13-22)5-4-10-23-19/h2-7,10,15H,8-9,11-12,14H2,1H3,(H,24,27)(H,25,28). The molecule has 7 nitrogen and oxygen atoms in total. The Hall–Kier alpha value is -3.05. The van der Waals surface area contributed by atoms with Crippen molar-refractivity contribution in [1.82, 2.24) is 10.3 Å². The summed E-state index contributed by atoms with van der Waals surface area (Å²) in [5.74, 6) is -0.282. The molecule has 1 aromatic heterocycles. The van der Waals surface area contributed by atoms with Gasteiger partial charge in [-0.3, -0.25) is 9.59 Å². The van der Waals surface area contributed by atoms with E-state index in [1.807, 2.05) is 24.5 Å². The smallest absolute Gasteiger partial charge is 0.313 e. The van der Waals surface area contributed by atoms with Gasteiger partial charge in [-0.05, 0) is 49.3 Å². The van der Waals surface area contributed by atoms with Crippen LogP contribution in [0.2, 0.25) is 0 Å². The van der Waals surface area contributed by atoms with Crippen molar-refractivity contribution in [3.05, 3.63) is 48.2 Å². The number of carbonyl (C=O) groups is 2. The fraction of sp³-hybridized carbons (Fsp3) is 0.333. The van der Waals surface area contributed by atoms with Crippen molar-refractivity contribution in [2.24, 2.45) is 5.92 Å². The first-order chi connectivity index (χ1) is 14.1. The third-order valence-electron chi connectivity index (χ3n) is 4.93. The average Bonchev–Trinajstić information content (AvgIpc) is 2.78. The fourth-order valence-corrected chi connectivity index (χ4v) is 3.88. The number of benzene rings is 1. The van der Waals surface area contributed by atoms with E-state index in [1.165, 1.54) is 11.8 Å². The summed E-state index contributed by atoms with van der Waals surface area (Å²) >= 11 is 1.51. The Morgan fingerprint density at radius 3 is 2.69 bits per heavy atom. The Labute approximate surface area is 174 Å². The molecule has 29 heavy (non-hydrogen) atoms. The largest absolute Gasteiger partial charge is 0.356 e. The van der Waals surface area contributed by atoms with Crippen LogP contribution in [0.15, 0.2) is 47.5 Å². The third-order valence-corrected chi connectivity index (χ3v) is 5.73. The summed E-state index contributed by atoms with van der Waals surface area (Å²) in [7, 11) is 0. The molecule has 0 radical (unpaired) electrons. The molecule has 8 heteroatoms. The number of anilines is 2. The summed E-state index contributed by atoms with van der Waals surface area (Å²) in [5, 5.41) is 14.6. The van der Waals surface area contributed by atoms with Crippen molar-refractivity contribution in [2.75, 3.05) is 36.1 Å². The number of nitriles is 1. The second-order valence-electron chi connectivity index (χ2n) is 6.78. The minimum absolute atomic E-state index is 0.288. The number of thioether (sulfide) groups is 1. The van der Waals surface area contributed by atoms with Gasteiger partial charge in [0.2, 0.25) is 0 Å². The van der Waals surface area contributed by atoms with Gasteiger partial charge in [0.15, 0.2) is 0 Å². The van der Waals surface area contributed by atoms with Crippen molar-refractivity contribution in [2.45, 2.75) is 17.7 Å². The molecule has 2 heterocycles. The SMILES string of the molecule is CSc1ccccc1NC(=O)C(=O)NCC1CCN(c2ncccc2C#N)CC1. The zero-order chi connectivity index (χ0) is 20.6. The van der Waals surface area contributed by atoms with E-state index in [1.54, 1.807) is 24.4 Å². The van der Waals surface area contributed by atoms with Gasteiger partial charge in [0.05, 0.1) is 11.3 Å². The highest BCUT2D eigenvalue weighted by Crippen LogP contribution is 2.25. The van der Waals surface area contributed by atoms with Gasteiger partial charge < -0.3 is 15.5 Å². The zero-order valence-corrected chi connectivity index (χ0v) is 17.0. The number of amides is 2. The van der Waals surface area contributed by atoms with Crippen LogP contribution >= 0.6 is 11.8 Å². The van der Waals surface area contributed by atoms with Crippen LogP contribution in [0.25, 0.3) is 0 Å². The normalized spacial score (nSPS) is 14.1. The maximum Gasteiger partial charge on any atom is 0.313 e. The lowest BCUT2D eigenvalue weighted by Crippen LogP contribution is -2.42. The third kappa shape index (κ3) is 5.27. The van der Waals surface area contributed by atoms with Crippen molar-refractivity contribution < 1.29 is 9.59 Å². The van der Waals surface area contributed by atoms with E-state index in [0.29, 0.717) is 23.6 Å². The van der Waals surface area contributed by atoms with Crippen LogP contribution in [-0.4, -0.2) is 42.7 Å². The lowest BCUT2D eigenvalue weighted by Gasteiger charge is -2.33. The molecule has 150 valence electrons. The van der Waals surface area contributed by atoms with E-state index in [9.17, 15) is 14.9 Å². The summed E-state index contributed by atoms with van der Waals surface area (Å²) in [6.07, 6.45) is 5.33. The summed E-state index contributed by atoms with van der Waals surface area (Å²) < 4.78 is 0. The number of piperidine rings is 1. The number of aromatic nitrogens is 1. The van der Waals surface area contributed by atoms with Gasteiger partial charge in [0.1, 0.15) is 11.9 Å². The van der Waals surface area contributed by atoms with Gasteiger partial charge in [-0.15, -0.1) is 11.8 Å². The summed E-state index contributed by atoms with van der Waals surface area (Å²) in [6.45, 7) is 1.98. The number of para-hydroxylation sites is 1. The van der Waals surface area contributed by atoms with Gasteiger partial charge >= 0.3 is 11.8 Å². The zero-order valence-electron chi connectivity index (χ0n) is 16.2. The van der Waals surface area contributed by atoms with Gasteiger partial charge in [0.25, 0.3) is 0 Å². The molecule has 2 N–H and O–H groups in total. The highest BCUT2D eigenvalue weighted by atomic mass is 32.2. The van der Waals surface area contributed by atoms with Crippen molar-refractivity contribution in [3.8, 4) is 6.07 Å². The molecule has 0 saturated carbocycles. The van der Waals surface area contributed by atoms with Crippen LogP contribution < -0.4 is 15.5 Å². The molecule has 1 aliphatic rings. The van der Waals surface area contributed by atoms with Crippen LogP contribution in [0.4, 0.5) is 11.5 Å².